The van der Waals surface area contributed by atoms with E-state index < -0.39 is 5.60 Å². The van der Waals surface area contributed by atoms with Crippen LogP contribution < -0.4 is 5.06 Å². The number of anilines is 1. The van der Waals surface area contributed by atoms with Gasteiger partial charge in [0.1, 0.15) is 0 Å². The summed E-state index contributed by atoms with van der Waals surface area (Å²) in [5.74, 6) is -0.114. The van der Waals surface area contributed by atoms with E-state index in [1.165, 1.54) is 16.7 Å². The first-order valence-electron chi connectivity index (χ1n) is 13.8. The van der Waals surface area contributed by atoms with Crippen LogP contribution in [0.25, 0.3) is 0 Å². The summed E-state index contributed by atoms with van der Waals surface area (Å²) in [6, 6.07) is 40.3. The number of hydrogen-bond donors (Lipinski definition) is 1. The van der Waals surface area contributed by atoms with Crippen molar-refractivity contribution in [3.63, 3.8) is 0 Å². The van der Waals surface area contributed by atoms with Crippen LogP contribution in [0.1, 0.15) is 53.6 Å². The highest BCUT2D eigenvalue weighted by Gasteiger charge is 2.61. The molecule has 0 unspecified atom stereocenters. The predicted molar refractivity (Wildman–Crippen MR) is 156 cm³/mol. The lowest BCUT2D eigenvalue weighted by Gasteiger charge is -2.45. The quantitative estimate of drug-likeness (QED) is 0.223. The third-order valence-electron chi connectivity index (χ3n) is 8.43. The van der Waals surface area contributed by atoms with E-state index in [0.717, 1.165) is 17.8 Å². The summed E-state index contributed by atoms with van der Waals surface area (Å²) >= 11 is 0. The van der Waals surface area contributed by atoms with Gasteiger partial charge < -0.3 is 5.21 Å². The fourth-order valence-corrected chi connectivity index (χ4v) is 6.37. The van der Waals surface area contributed by atoms with Crippen LogP contribution in [0.4, 0.5) is 5.69 Å². The molecule has 0 aliphatic carbocycles. The molecule has 2 aliphatic heterocycles. The Hall–Kier alpha value is -3.93. The van der Waals surface area contributed by atoms with E-state index >= 15 is 0 Å². The average molecular weight is 518 g/mol. The maximum absolute atomic E-state index is 10.5. The van der Waals surface area contributed by atoms with Crippen LogP contribution in [0, 0.1) is 6.92 Å². The first kappa shape index (κ1) is 25.4. The molecule has 0 radical (unpaired) electrons. The Morgan fingerprint density at radius 3 is 2.08 bits per heavy atom. The Morgan fingerprint density at radius 2 is 1.44 bits per heavy atom. The minimum atomic E-state index is -0.859. The summed E-state index contributed by atoms with van der Waals surface area (Å²) in [6.45, 7) is 5.76. The van der Waals surface area contributed by atoms with Crippen molar-refractivity contribution < 1.29 is 10.0 Å². The molecule has 4 aromatic rings. The van der Waals surface area contributed by atoms with Gasteiger partial charge in [-0.1, -0.05) is 114 Å². The molecule has 0 bridgehead atoms. The van der Waals surface area contributed by atoms with E-state index in [1.54, 1.807) is 0 Å². The standard InChI is InChI=1S/C34H35N3O2/c1-25-18-20-28(21-19-25)32-33(29-14-8-4-9-15-29)37(30-16-10-5-11-17-30)39-34(32)24-36(23-22-31(34)35-38)26(2)27-12-6-3-7-13-27/h3-21,26,32-33,38H,22-24H2,1-2H3/b35-31+/t26-,32-,33-,34+/m1/s1. The van der Waals surface area contributed by atoms with Crippen molar-refractivity contribution in [3.8, 4) is 0 Å². The Bertz CT molecular complexity index is 1410. The summed E-state index contributed by atoms with van der Waals surface area (Å²) in [5.41, 5.74) is 5.62. The summed E-state index contributed by atoms with van der Waals surface area (Å²) in [4.78, 5) is 9.63. The van der Waals surface area contributed by atoms with Gasteiger partial charge in [-0.05, 0) is 42.7 Å². The van der Waals surface area contributed by atoms with Gasteiger partial charge in [-0.25, -0.2) is 5.06 Å². The van der Waals surface area contributed by atoms with Gasteiger partial charge in [-0.15, -0.1) is 0 Å². The van der Waals surface area contributed by atoms with Crippen LogP contribution in [-0.2, 0) is 4.84 Å². The van der Waals surface area contributed by atoms with Gasteiger partial charge in [0.25, 0.3) is 0 Å². The number of para-hydroxylation sites is 1. The lowest BCUT2D eigenvalue weighted by Crippen LogP contribution is -2.58. The van der Waals surface area contributed by atoms with Crippen molar-refractivity contribution in [1.82, 2.24) is 4.90 Å². The van der Waals surface area contributed by atoms with Gasteiger partial charge in [0, 0.05) is 31.5 Å². The van der Waals surface area contributed by atoms with Gasteiger partial charge in [0.2, 0.25) is 0 Å². The zero-order valence-corrected chi connectivity index (χ0v) is 22.5. The second kappa shape index (κ2) is 10.7. The van der Waals surface area contributed by atoms with Crippen LogP contribution in [0.3, 0.4) is 0 Å². The van der Waals surface area contributed by atoms with E-state index in [2.05, 4.69) is 120 Å². The fourth-order valence-electron chi connectivity index (χ4n) is 6.37. The van der Waals surface area contributed by atoms with Gasteiger partial charge in [0.15, 0.2) is 5.60 Å². The Balaban J connectivity index is 1.53. The molecule has 1 spiro atoms. The second-order valence-corrected chi connectivity index (χ2v) is 10.7. The third kappa shape index (κ3) is 4.62. The molecule has 5 nitrogen and oxygen atoms in total. The van der Waals surface area contributed by atoms with Crippen molar-refractivity contribution >= 4 is 11.4 Å². The molecule has 0 saturated carbocycles. The van der Waals surface area contributed by atoms with Gasteiger partial charge in [0.05, 0.1) is 17.4 Å². The third-order valence-corrected chi connectivity index (χ3v) is 8.43. The second-order valence-electron chi connectivity index (χ2n) is 10.7. The summed E-state index contributed by atoms with van der Waals surface area (Å²) in [7, 11) is 0. The first-order chi connectivity index (χ1) is 19.1. The van der Waals surface area contributed by atoms with Crippen LogP contribution in [0.5, 0.6) is 0 Å². The zero-order chi connectivity index (χ0) is 26.8. The molecular formula is C34H35N3O2. The SMILES string of the molecule is Cc1ccc([C@@H]2[C@@H](c3ccccc3)N(c3ccccc3)O[C@]23CN([C@H](C)c2ccccc2)CC/C3=N\O)cc1. The summed E-state index contributed by atoms with van der Waals surface area (Å²) in [5, 5.41) is 16.4. The number of nitrogens with zero attached hydrogens (tertiary/aromatic N) is 3. The topological polar surface area (TPSA) is 48.3 Å². The van der Waals surface area contributed by atoms with Gasteiger partial charge >= 0.3 is 0 Å². The number of hydroxylamine groups is 1. The van der Waals surface area contributed by atoms with E-state index in [-0.39, 0.29) is 18.0 Å². The number of aryl methyl sites for hydroxylation is 1. The van der Waals surface area contributed by atoms with Crippen LogP contribution in [0.2, 0.25) is 0 Å². The number of hydrogen-bond acceptors (Lipinski definition) is 5. The Kier molecular flexibility index (Phi) is 6.94. The monoisotopic (exact) mass is 517 g/mol. The molecule has 4 atom stereocenters. The highest BCUT2D eigenvalue weighted by molar-refractivity contribution is 5.95. The largest absolute Gasteiger partial charge is 0.411 e. The van der Waals surface area contributed by atoms with Crippen molar-refractivity contribution in [2.24, 2.45) is 5.16 Å². The number of piperidine rings is 1. The molecule has 6 rings (SSSR count). The summed E-state index contributed by atoms with van der Waals surface area (Å²) in [6.07, 6.45) is 0.625. The minimum Gasteiger partial charge on any atom is -0.411 e. The molecule has 2 heterocycles. The number of oxime groups is 1. The van der Waals surface area contributed by atoms with E-state index in [9.17, 15) is 5.21 Å². The highest BCUT2D eigenvalue weighted by atomic mass is 16.7. The average Bonchev–Trinajstić information content (AvgIpc) is 3.33. The van der Waals surface area contributed by atoms with E-state index in [1.807, 2.05) is 24.3 Å². The van der Waals surface area contributed by atoms with Crippen molar-refractivity contribution in [2.75, 3.05) is 18.2 Å². The number of likely N-dealkylation sites (tertiary alicyclic amines) is 1. The lowest BCUT2D eigenvalue weighted by molar-refractivity contribution is -0.0174. The van der Waals surface area contributed by atoms with Crippen LogP contribution in [-0.4, -0.2) is 34.5 Å². The molecule has 2 fully saturated rings. The molecule has 1 N–H and O–H groups in total. The maximum atomic E-state index is 10.5. The molecule has 4 aromatic carbocycles. The molecule has 0 amide bonds. The Morgan fingerprint density at radius 1 is 0.821 bits per heavy atom. The zero-order valence-electron chi connectivity index (χ0n) is 22.5. The molecule has 0 aromatic heterocycles. The number of benzene rings is 4. The molecule has 2 saturated heterocycles. The maximum Gasteiger partial charge on any atom is 0.159 e. The van der Waals surface area contributed by atoms with Gasteiger partial charge in [-0.3, -0.25) is 9.74 Å². The van der Waals surface area contributed by atoms with Crippen LogP contribution in [0.15, 0.2) is 120 Å². The first-order valence-corrected chi connectivity index (χ1v) is 13.8. The number of rotatable bonds is 5. The molecule has 39 heavy (non-hydrogen) atoms. The smallest absolute Gasteiger partial charge is 0.159 e. The minimum absolute atomic E-state index is 0.114. The molecule has 2 aliphatic rings. The van der Waals surface area contributed by atoms with E-state index in [4.69, 9.17) is 4.84 Å². The summed E-state index contributed by atoms with van der Waals surface area (Å²) < 4.78 is 0. The molecule has 198 valence electrons. The normalized spacial score (nSPS) is 25.3. The van der Waals surface area contributed by atoms with Crippen molar-refractivity contribution in [1.29, 1.82) is 0 Å². The highest BCUT2D eigenvalue weighted by Crippen LogP contribution is 2.55. The van der Waals surface area contributed by atoms with Gasteiger partial charge in [-0.2, -0.15) is 0 Å². The lowest BCUT2D eigenvalue weighted by atomic mass is 9.71. The van der Waals surface area contributed by atoms with E-state index in [0.29, 0.717) is 18.7 Å². The van der Waals surface area contributed by atoms with Crippen molar-refractivity contribution in [2.45, 2.75) is 43.9 Å². The van der Waals surface area contributed by atoms with Crippen LogP contribution >= 0.6 is 0 Å². The van der Waals surface area contributed by atoms with Crippen molar-refractivity contribution in [3.05, 3.63) is 138 Å². The predicted octanol–water partition coefficient (Wildman–Crippen LogP) is 7.31. The Labute approximate surface area is 230 Å². The fraction of sp³-hybridized carbons (Fsp3) is 0.265. The molecule has 5 heteroatoms. The molecular weight excluding hydrogens is 482 g/mol.